The number of anilines is 1. The molecule has 0 fully saturated rings. The van der Waals surface area contributed by atoms with Crippen molar-refractivity contribution in [1.82, 2.24) is 9.13 Å². The quantitative estimate of drug-likeness (QED) is 0.193. The molecule has 12 rings (SSSR count). The second kappa shape index (κ2) is 12.0. The van der Waals surface area contributed by atoms with Crippen LogP contribution in [0.2, 0.25) is 0 Å². The highest BCUT2D eigenvalue weighted by Crippen LogP contribution is 2.48. The van der Waals surface area contributed by atoms with Gasteiger partial charge in [-0.3, -0.25) is 0 Å². The fraction of sp³-hybridized carbons (Fsp3) is 0.0192. The van der Waals surface area contributed by atoms with Crippen molar-refractivity contribution in [2.45, 2.75) is 6.04 Å². The lowest BCUT2D eigenvalue weighted by Crippen LogP contribution is -2.24. The molecule has 56 heavy (non-hydrogen) atoms. The number of rotatable bonds is 4. The molecular formula is C52H34N4. The first-order valence-corrected chi connectivity index (χ1v) is 19.3. The maximum absolute atomic E-state index is 5.29. The van der Waals surface area contributed by atoms with Crippen LogP contribution in [0.1, 0.15) is 17.2 Å². The van der Waals surface area contributed by atoms with Gasteiger partial charge in [0.1, 0.15) is 0 Å². The zero-order valence-electron chi connectivity index (χ0n) is 30.4. The van der Waals surface area contributed by atoms with Crippen molar-refractivity contribution in [3.8, 4) is 11.4 Å². The minimum atomic E-state index is -0.0795. The molecule has 0 amide bonds. The number of aromatic nitrogens is 2. The predicted octanol–water partition coefficient (Wildman–Crippen LogP) is 13.5. The fourth-order valence-corrected chi connectivity index (χ4v) is 9.33. The first-order valence-electron chi connectivity index (χ1n) is 19.3. The summed E-state index contributed by atoms with van der Waals surface area (Å²) in [6, 6.07) is 70.0. The predicted molar refractivity (Wildman–Crippen MR) is 236 cm³/mol. The van der Waals surface area contributed by atoms with E-state index in [0.717, 1.165) is 34.0 Å². The maximum atomic E-state index is 5.29. The van der Waals surface area contributed by atoms with Crippen LogP contribution in [0.15, 0.2) is 199 Å². The molecule has 9 aromatic carbocycles. The minimum Gasteiger partial charge on any atom is -0.371 e. The van der Waals surface area contributed by atoms with E-state index in [1.165, 1.54) is 70.7 Å². The molecule has 1 aliphatic heterocycles. The number of aliphatic imine (C=N–C) groups is 1. The maximum Gasteiger partial charge on any atom is 0.0947 e. The van der Waals surface area contributed by atoms with Crippen LogP contribution in [0.3, 0.4) is 0 Å². The number of nitrogens with one attached hydrogen (secondary N) is 1. The van der Waals surface area contributed by atoms with Crippen molar-refractivity contribution in [3.05, 3.63) is 205 Å². The van der Waals surface area contributed by atoms with Gasteiger partial charge in [0, 0.05) is 32.9 Å². The third kappa shape index (κ3) is 4.44. The van der Waals surface area contributed by atoms with Crippen molar-refractivity contribution in [2.75, 3.05) is 5.32 Å². The average molecular weight is 715 g/mol. The molecule has 0 radical (unpaired) electrons. The molecule has 1 atom stereocenters. The number of para-hydroxylation sites is 4. The molecule has 4 heteroatoms. The van der Waals surface area contributed by atoms with Gasteiger partial charge in [0.15, 0.2) is 0 Å². The van der Waals surface area contributed by atoms with Crippen LogP contribution in [0.4, 0.5) is 11.4 Å². The van der Waals surface area contributed by atoms with Gasteiger partial charge in [0.25, 0.3) is 0 Å². The first kappa shape index (κ1) is 31.0. The van der Waals surface area contributed by atoms with E-state index in [9.17, 15) is 0 Å². The van der Waals surface area contributed by atoms with Gasteiger partial charge >= 0.3 is 0 Å². The summed E-state index contributed by atoms with van der Waals surface area (Å²) in [5.41, 5.74) is 12.3. The Hall–Kier alpha value is -7.43. The molecule has 1 unspecified atom stereocenters. The lowest BCUT2D eigenvalue weighted by molar-refractivity contribution is 1.01. The van der Waals surface area contributed by atoms with Gasteiger partial charge in [0.2, 0.25) is 0 Å². The molecule has 1 N–H and O–H groups in total. The van der Waals surface area contributed by atoms with Gasteiger partial charge in [0.05, 0.1) is 45.2 Å². The normalized spacial score (nSPS) is 14.1. The van der Waals surface area contributed by atoms with Gasteiger partial charge in [-0.2, -0.15) is 0 Å². The molecule has 262 valence electrons. The van der Waals surface area contributed by atoms with E-state index in [1.54, 1.807) is 0 Å². The summed E-state index contributed by atoms with van der Waals surface area (Å²) in [7, 11) is 0. The van der Waals surface area contributed by atoms with E-state index in [4.69, 9.17) is 4.99 Å². The average Bonchev–Trinajstić information content (AvgIpc) is 3.81. The second-order valence-electron chi connectivity index (χ2n) is 14.7. The highest BCUT2D eigenvalue weighted by Gasteiger charge is 2.27. The van der Waals surface area contributed by atoms with E-state index in [0.29, 0.717) is 0 Å². The Labute approximate surface area is 323 Å². The highest BCUT2D eigenvalue weighted by atomic mass is 15.0. The van der Waals surface area contributed by atoms with Crippen molar-refractivity contribution in [3.63, 3.8) is 0 Å². The molecule has 0 saturated heterocycles. The summed E-state index contributed by atoms with van der Waals surface area (Å²) in [6.45, 7) is 0. The zero-order chi connectivity index (χ0) is 36.7. The number of fused-ring (bicyclic) bond motifs is 13. The number of hydrogen-bond acceptors (Lipinski definition) is 2. The van der Waals surface area contributed by atoms with Crippen molar-refractivity contribution in [1.29, 1.82) is 0 Å². The largest absolute Gasteiger partial charge is 0.371 e. The van der Waals surface area contributed by atoms with Gasteiger partial charge < -0.3 is 14.5 Å². The number of nitrogens with zero attached hydrogens (tertiary/aromatic N) is 3. The summed E-state index contributed by atoms with van der Waals surface area (Å²) < 4.78 is 4.99. The van der Waals surface area contributed by atoms with Crippen LogP contribution in [-0.2, 0) is 0 Å². The lowest BCUT2D eigenvalue weighted by atomic mass is 9.94. The molecular weight excluding hydrogens is 681 g/mol. The topological polar surface area (TPSA) is 34.2 Å². The Morgan fingerprint density at radius 3 is 1.80 bits per heavy atom. The smallest absolute Gasteiger partial charge is 0.0947 e. The third-order valence-electron chi connectivity index (χ3n) is 11.7. The molecule has 0 saturated carbocycles. The van der Waals surface area contributed by atoms with Crippen LogP contribution in [0.25, 0.3) is 76.5 Å². The molecule has 3 heterocycles. The van der Waals surface area contributed by atoms with Gasteiger partial charge in [-0.15, -0.1) is 0 Å². The summed E-state index contributed by atoms with van der Waals surface area (Å²) in [5, 5.41) is 13.9. The SMILES string of the molecule is c1ccc(C2Nc3ccccc3N=C2c2ccc(-n3c4ccc5ccccc5c4c4c5ccccc5c5c6ccccc6n(-c6ccccc6)c5c43)cc2)cc1. The fourth-order valence-electron chi connectivity index (χ4n) is 9.33. The van der Waals surface area contributed by atoms with Crippen LogP contribution >= 0.6 is 0 Å². The van der Waals surface area contributed by atoms with Crippen LogP contribution in [-0.4, -0.2) is 14.8 Å². The van der Waals surface area contributed by atoms with Gasteiger partial charge in [-0.1, -0.05) is 146 Å². The van der Waals surface area contributed by atoms with Crippen LogP contribution < -0.4 is 5.32 Å². The minimum absolute atomic E-state index is 0.0795. The second-order valence-corrected chi connectivity index (χ2v) is 14.7. The van der Waals surface area contributed by atoms with E-state index < -0.39 is 0 Å². The third-order valence-corrected chi connectivity index (χ3v) is 11.7. The molecule has 0 bridgehead atoms. The Kier molecular flexibility index (Phi) is 6.66. The van der Waals surface area contributed by atoms with E-state index >= 15 is 0 Å². The Bertz CT molecular complexity index is 3370. The molecule has 2 aromatic heterocycles. The lowest BCUT2D eigenvalue weighted by Gasteiger charge is -2.28. The zero-order valence-corrected chi connectivity index (χ0v) is 30.4. The van der Waals surface area contributed by atoms with Gasteiger partial charge in [-0.05, 0) is 81.2 Å². The Morgan fingerprint density at radius 1 is 0.411 bits per heavy atom. The summed E-state index contributed by atoms with van der Waals surface area (Å²) in [4.78, 5) is 5.29. The first-order chi connectivity index (χ1) is 27.8. The van der Waals surface area contributed by atoms with Gasteiger partial charge in [-0.25, -0.2) is 4.99 Å². The van der Waals surface area contributed by atoms with E-state index in [-0.39, 0.29) is 6.04 Å². The number of benzene rings is 9. The number of hydrogen-bond donors (Lipinski definition) is 1. The summed E-state index contributed by atoms with van der Waals surface area (Å²) in [6.07, 6.45) is 0. The molecule has 0 spiro atoms. The molecule has 11 aromatic rings. The highest BCUT2D eigenvalue weighted by molar-refractivity contribution is 6.39. The molecule has 1 aliphatic rings. The van der Waals surface area contributed by atoms with Crippen molar-refractivity contribution in [2.24, 2.45) is 4.99 Å². The Balaban J connectivity index is 1.20. The van der Waals surface area contributed by atoms with Crippen molar-refractivity contribution >= 4 is 82.2 Å². The van der Waals surface area contributed by atoms with Crippen LogP contribution in [0, 0.1) is 0 Å². The molecule has 0 aliphatic carbocycles. The summed E-state index contributed by atoms with van der Waals surface area (Å²) >= 11 is 0. The van der Waals surface area contributed by atoms with E-state index in [2.05, 4.69) is 209 Å². The standard InChI is InChI=1S/C52H34N4/c1-3-16-34(17-4-1)49-50(54-43-25-13-12-24-42(43)53-49)35-27-30-37(31-28-35)56-45-32-29-33-15-7-8-20-38(33)47(45)48-40-22-10-9-21-39(40)46-41-23-11-14-26-44(41)55(51(46)52(48)56)36-18-5-2-6-19-36/h1-32,49,53H. The van der Waals surface area contributed by atoms with Crippen molar-refractivity contribution < 1.29 is 0 Å². The van der Waals surface area contributed by atoms with E-state index in [1.807, 2.05) is 0 Å². The molecule has 4 nitrogen and oxygen atoms in total. The summed E-state index contributed by atoms with van der Waals surface area (Å²) in [5.74, 6) is 0. The monoisotopic (exact) mass is 714 g/mol. The Morgan fingerprint density at radius 2 is 1.00 bits per heavy atom. The van der Waals surface area contributed by atoms with Crippen LogP contribution in [0.5, 0.6) is 0 Å².